The Morgan fingerprint density at radius 1 is 0.111 bits per heavy atom. The van der Waals surface area contributed by atoms with Gasteiger partial charge in [-0.3, -0.25) is 0 Å². The normalized spacial score (nSPS) is 12.0. The molecule has 0 amide bonds. The first-order valence-electron chi connectivity index (χ1n) is 23.8. The van der Waals surface area contributed by atoms with E-state index >= 15 is 0 Å². The van der Waals surface area contributed by atoms with Gasteiger partial charge in [0.15, 0.2) is 0 Å². The molecule has 1 aromatic heterocycles. The molecule has 1 nitrogen and oxygen atoms in total. The van der Waals surface area contributed by atoms with Crippen molar-refractivity contribution in [2.45, 2.75) is 0 Å². The molecule has 0 unspecified atom stereocenters. The van der Waals surface area contributed by atoms with Crippen LogP contribution in [0.4, 0.5) is 0 Å². The number of furan rings is 1. The van der Waals surface area contributed by atoms with E-state index in [1.54, 1.807) is 0 Å². The van der Waals surface area contributed by atoms with Gasteiger partial charge in [0.1, 0.15) is 247 Å². The molecule has 81 heavy (non-hydrogen) atoms. The molecule has 0 aliphatic heterocycles. The molecule has 11 rings (SSSR count). The summed E-state index contributed by atoms with van der Waals surface area (Å²) >= 11 is 0. The zero-order chi connectivity index (χ0) is 59.6. The van der Waals surface area contributed by atoms with Crippen molar-refractivity contribution in [2.24, 2.45) is 0 Å². The van der Waals surface area contributed by atoms with Crippen LogP contribution in [0.15, 0.2) is 4.42 Å². The van der Waals surface area contributed by atoms with E-state index in [-0.39, 0.29) is 273 Å². The average molecular weight is 941 g/mol. The Labute approximate surface area is 509 Å². The molecule has 0 atom stereocenters. The van der Waals surface area contributed by atoms with Crippen molar-refractivity contribution in [2.75, 3.05) is 0 Å². The van der Waals surface area contributed by atoms with Crippen LogP contribution in [0, 0.1) is 0 Å². The largest absolute Gasteiger partial charge is 0.457 e. The van der Waals surface area contributed by atoms with E-state index in [4.69, 9.17) is 240 Å². The highest BCUT2D eigenvalue weighted by Gasteiger charge is 2.32. The van der Waals surface area contributed by atoms with E-state index in [1.165, 1.54) is 0 Å². The standard InChI is InChI=1S/C50B30O/c51-19-12-8(9-13(31(63)30(12)62)35(67)44(76)43(75)27(9)59)21(53)32(64)14(19)16-33(65)28(60)11(29(61)34(16)66)2-5-3(22(54)39(71)41(73)24(5)56)1(4-6(2)25(57)42(74)40(72)23(4)55)7-10-18-20(52)15-17(37(69)46(78)45(77)36(15)68)38(70)50(18)81-49(10)48(80)47(79)26(7)58. The van der Waals surface area contributed by atoms with Crippen molar-refractivity contribution in [3.05, 3.63) is 0 Å². The van der Waals surface area contributed by atoms with Crippen molar-refractivity contribution < 1.29 is 4.42 Å². The summed E-state index contributed by atoms with van der Waals surface area (Å²) in [5, 5.41) is 0.629. The predicted octanol–water partition coefficient (Wildman–Crippen LogP) is -21.8. The predicted molar refractivity (Wildman–Crippen MR) is 379 cm³/mol. The number of rotatable bonds is 3. The zero-order valence-corrected chi connectivity index (χ0v) is 42.7. The van der Waals surface area contributed by atoms with Gasteiger partial charge >= 0.3 is 0 Å². The molecule has 296 valence electrons. The molecule has 0 bridgehead atoms. The van der Waals surface area contributed by atoms with Gasteiger partial charge in [0, 0.05) is 10.8 Å². The van der Waals surface area contributed by atoms with Crippen LogP contribution in [0.3, 0.4) is 0 Å². The van der Waals surface area contributed by atoms with Gasteiger partial charge in [-0.1, -0.05) is 109 Å². The van der Waals surface area contributed by atoms with Gasteiger partial charge in [-0.15, -0.1) is 49.2 Å². The number of hydrogen-bond donors (Lipinski definition) is 0. The summed E-state index contributed by atoms with van der Waals surface area (Å²) < 4.78 is 6.52. The first-order chi connectivity index (χ1) is 37.8. The lowest BCUT2D eigenvalue weighted by atomic mass is 9.55. The minimum absolute atomic E-state index is 0.0204. The van der Waals surface area contributed by atoms with E-state index in [0.29, 0.717) is 0 Å². The van der Waals surface area contributed by atoms with Crippen LogP contribution in [0.25, 0.3) is 109 Å². The van der Waals surface area contributed by atoms with E-state index in [1.807, 2.05) is 0 Å². The Morgan fingerprint density at radius 2 is 0.321 bits per heavy atom. The summed E-state index contributed by atoms with van der Waals surface area (Å²) in [6, 6.07) is 0. The fourth-order valence-corrected chi connectivity index (χ4v) is 11.8. The second kappa shape index (κ2) is 19.4. The van der Waals surface area contributed by atoms with Crippen LogP contribution in [0.2, 0.25) is 0 Å². The highest BCUT2D eigenvalue weighted by atomic mass is 16.3. The lowest BCUT2D eigenvalue weighted by Crippen LogP contribution is -2.52. The van der Waals surface area contributed by atoms with Crippen molar-refractivity contribution in [3.63, 3.8) is 0 Å². The summed E-state index contributed by atoms with van der Waals surface area (Å²) in [7, 11) is 205. The van der Waals surface area contributed by atoms with Crippen LogP contribution >= 0.6 is 0 Å². The molecule has 0 spiro atoms. The van der Waals surface area contributed by atoms with Crippen molar-refractivity contribution >= 4 is 475 Å². The van der Waals surface area contributed by atoms with Gasteiger partial charge in [0.05, 0.1) is 0 Å². The molecule has 0 N–H and O–H groups in total. The molecule has 11 aromatic rings. The molecule has 60 radical (unpaired) electrons. The lowest BCUT2D eigenvalue weighted by molar-refractivity contribution is 0.675. The SMILES string of the molecule is [B]c1c([B])c(-c2c3c([B])c([B])c([B])c([B])c3c(-c3c([B])c([B])c([B])c4oc5c([B])c6c([B])c([B])c([B])c([B])c6c([B])c5c34)c3c([B])c([B])c([B])c([B])c23)c([B])c([B])c1-c1c([B])c([B])c2c(c1[B])c([B])c([B])c1c([B])c([B])c([B])c([B])c12. The maximum Gasteiger partial charge on any atom is 0.128 e. The molecule has 0 fully saturated rings. The van der Waals surface area contributed by atoms with Crippen LogP contribution in [0.1, 0.15) is 0 Å². The van der Waals surface area contributed by atoms with E-state index in [2.05, 4.69) is 0 Å². The van der Waals surface area contributed by atoms with Gasteiger partial charge in [0.2, 0.25) is 0 Å². The van der Waals surface area contributed by atoms with E-state index in [0.717, 1.165) is 0 Å². The summed E-state index contributed by atoms with van der Waals surface area (Å²) in [6.45, 7) is 0. The van der Waals surface area contributed by atoms with Gasteiger partial charge < -0.3 is 4.42 Å². The second-order valence-electron chi connectivity index (χ2n) is 19.9. The minimum Gasteiger partial charge on any atom is -0.457 e. The third-order valence-electron chi connectivity index (χ3n) is 16.0. The molecular weight excluding hydrogens is 941 g/mol. The van der Waals surface area contributed by atoms with E-state index in [9.17, 15) is 0 Å². The van der Waals surface area contributed by atoms with Crippen LogP contribution < -0.4 is 164 Å². The van der Waals surface area contributed by atoms with Crippen molar-refractivity contribution in [1.29, 1.82) is 0 Å². The summed E-state index contributed by atoms with van der Waals surface area (Å²) in [4.78, 5) is 0. The number of benzene rings is 10. The monoisotopic (exact) mass is 946 g/mol. The van der Waals surface area contributed by atoms with Gasteiger partial charge in [-0.2, -0.15) is 0 Å². The summed E-state index contributed by atoms with van der Waals surface area (Å²) in [5.74, 6) is 0. The van der Waals surface area contributed by atoms with Gasteiger partial charge in [-0.05, 0) is 92.7 Å². The Hall–Kier alpha value is -4.75. The van der Waals surface area contributed by atoms with Crippen molar-refractivity contribution in [1.82, 2.24) is 0 Å². The van der Waals surface area contributed by atoms with Crippen molar-refractivity contribution in [3.8, 4) is 33.4 Å². The smallest absolute Gasteiger partial charge is 0.128 e. The van der Waals surface area contributed by atoms with Crippen LogP contribution in [-0.2, 0) is 0 Å². The molecule has 0 saturated heterocycles. The molecule has 0 saturated carbocycles. The Bertz CT molecular complexity index is 4820. The molecule has 31 heteroatoms. The quantitative estimate of drug-likeness (QED) is 0.0977. The molecule has 1 heterocycles. The van der Waals surface area contributed by atoms with Gasteiger partial charge in [-0.25, -0.2) is 0 Å². The Kier molecular flexibility index (Phi) is 13.9. The first-order valence-corrected chi connectivity index (χ1v) is 23.8. The number of hydrogen-bond acceptors (Lipinski definition) is 1. The highest BCUT2D eigenvalue weighted by molar-refractivity contribution is 6.79. The summed E-state index contributed by atoms with van der Waals surface area (Å²) in [6.07, 6.45) is 0. The maximum absolute atomic E-state index is 7.26. The van der Waals surface area contributed by atoms with Crippen LogP contribution in [-0.4, -0.2) is 235 Å². The fraction of sp³-hybridized carbons (Fsp3) is 0. The molecule has 10 aromatic carbocycles. The molecule has 0 aliphatic rings. The third-order valence-corrected chi connectivity index (χ3v) is 16.0. The van der Waals surface area contributed by atoms with Gasteiger partial charge in [0.25, 0.3) is 0 Å². The third kappa shape index (κ3) is 7.30. The Morgan fingerprint density at radius 3 is 0.704 bits per heavy atom. The maximum atomic E-state index is 7.26. The van der Waals surface area contributed by atoms with Crippen LogP contribution in [0.5, 0.6) is 0 Å². The highest BCUT2D eigenvalue weighted by Crippen LogP contribution is 2.43. The summed E-state index contributed by atoms with van der Waals surface area (Å²) in [5.41, 5.74) is -5.46. The Balaban J connectivity index is 1.36. The minimum atomic E-state index is -0.302. The second-order valence-corrected chi connectivity index (χ2v) is 19.9. The topological polar surface area (TPSA) is 13.1 Å². The number of fused-ring (bicyclic) bond motifs is 9. The lowest BCUT2D eigenvalue weighted by Gasteiger charge is -2.33. The average Bonchev–Trinajstić information content (AvgIpc) is 3.97. The first kappa shape index (κ1) is 58.0. The zero-order valence-electron chi connectivity index (χ0n) is 42.7. The molecular formula is C50B30O. The molecule has 0 aliphatic carbocycles. The fourth-order valence-electron chi connectivity index (χ4n) is 11.8. The van der Waals surface area contributed by atoms with E-state index < -0.39 is 0 Å².